The predicted octanol–water partition coefficient (Wildman–Crippen LogP) is 1.22. The van der Waals surface area contributed by atoms with Crippen LogP contribution >= 0.6 is 15.9 Å². The van der Waals surface area contributed by atoms with Gasteiger partial charge in [-0.25, -0.2) is 4.98 Å². The van der Waals surface area contributed by atoms with Gasteiger partial charge in [0.25, 0.3) is 0 Å². The van der Waals surface area contributed by atoms with Gasteiger partial charge >= 0.3 is 0 Å². The van der Waals surface area contributed by atoms with Crippen molar-refractivity contribution in [1.29, 1.82) is 0 Å². The summed E-state index contributed by atoms with van der Waals surface area (Å²) in [6.45, 7) is 7.43. The highest BCUT2D eigenvalue weighted by Crippen LogP contribution is 1.96. The summed E-state index contributed by atoms with van der Waals surface area (Å²) in [5.74, 6) is 0. The highest BCUT2D eigenvalue weighted by atomic mass is 79.9. The normalized spacial score (nSPS) is 11.5. The molecule has 0 amide bonds. The topological polar surface area (TPSA) is 12.9 Å². The molecule has 56 valence electrons. The van der Waals surface area contributed by atoms with Crippen LogP contribution in [-0.4, -0.2) is 4.98 Å². The van der Waals surface area contributed by atoms with Crippen molar-refractivity contribution in [3.8, 4) is 0 Å². The lowest BCUT2D eigenvalue weighted by Gasteiger charge is -1.88. The molecule has 1 nitrogen and oxygen atoms in total. The van der Waals surface area contributed by atoms with Crippen LogP contribution in [0.15, 0.2) is 29.5 Å². The maximum atomic E-state index is 4.02. The van der Waals surface area contributed by atoms with Crippen LogP contribution in [0.3, 0.4) is 0 Å². The number of nitrogens with zero attached hydrogens (tertiary/aromatic N) is 1. The Kier molecular flexibility index (Phi) is 2.60. The number of halogens is 1. The third-order valence-electron chi connectivity index (χ3n) is 1.29. The fraction of sp³-hybridized carbons (Fsp3) is 0. The minimum Gasteiger partial charge on any atom is -0.249 e. The van der Waals surface area contributed by atoms with Crippen LogP contribution in [0, 0.1) is 0 Å². The van der Waals surface area contributed by atoms with Crippen LogP contribution in [0.4, 0.5) is 0 Å². The monoisotopic (exact) mass is 209 g/mol. The second-order valence-electron chi connectivity index (χ2n) is 2.11. The second kappa shape index (κ2) is 3.49. The molecule has 0 fully saturated rings. The first-order chi connectivity index (χ1) is 5.24. The molecule has 1 aromatic rings. The van der Waals surface area contributed by atoms with Crippen LogP contribution in [0.1, 0.15) is 0 Å². The molecule has 1 aromatic heterocycles. The van der Waals surface area contributed by atoms with Crippen molar-refractivity contribution in [2.45, 2.75) is 0 Å². The molecular formula is C9H8BrN. The Morgan fingerprint density at radius 2 is 2.27 bits per heavy atom. The number of hydrogen-bond acceptors (Lipinski definition) is 1. The average Bonchev–Trinajstić information content (AvgIpc) is 1.98. The number of pyridine rings is 1. The van der Waals surface area contributed by atoms with E-state index in [1.807, 2.05) is 12.1 Å². The van der Waals surface area contributed by atoms with Gasteiger partial charge in [0, 0.05) is 6.20 Å². The molecule has 0 saturated heterocycles. The Labute approximate surface area is 73.9 Å². The third-order valence-corrected chi connectivity index (χ3v) is 1.72. The van der Waals surface area contributed by atoms with Gasteiger partial charge in [-0.05, 0) is 32.4 Å². The van der Waals surface area contributed by atoms with Crippen molar-refractivity contribution in [2.24, 2.45) is 0 Å². The molecule has 1 heterocycles. The van der Waals surface area contributed by atoms with Crippen LogP contribution in [0.5, 0.6) is 0 Å². The smallest absolute Gasteiger partial charge is 0.106 e. The van der Waals surface area contributed by atoms with E-state index in [0.29, 0.717) is 0 Å². The highest BCUT2D eigenvalue weighted by Gasteiger charge is 1.85. The van der Waals surface area contributed by atoms with Gasteiger partial charge in [-0.3, -0.25) is 0 Å². The first kappa shape index (κ1) is 8.21. The van der Waals surface area contributed by atoms with Gasteiger partial charge in [-0.1, -0.05) is 25.3 Å². The van der Waals surface area contributed by atoms with Crippen LogP contribution in [0.25, 0.3) is 12.7 Å². The summed E-state index contributed by atoms with van der Waals surface area (Å²) in [6, 6.07) is 1.91. The fourth-order valence-electron chi connectivity index (χ4n) is 0.755. The molecule has 0 aliphatic rings. The van der Waals surface area contributed by atoms with E-state index in [1.54, 1.807) is 12.3 Å². The molecule has 1 rings (SSSR count). The zero-order valence-corrected chi connectivity index (χ0v) is 7.63. The minimum absolute atomic E-state index is 0.818. The predicted molar refractivity (Wildman–Crippen MR) is 51.4 cm³/mol. The minimum atomic E-state index is 0.818. The summed E-state index contributed by atoms with van der Waals surface area (Å²) < 4.78 is 0.818. The maximum Gasteiger partial charge on any atom is 0.106 e. The van der Waals surface area contributed by atoms with Gasteiger partial charge in [0.1, 0.15) is 4.60 Å². The quantitative estimate of drug-likeness (QED) is 0.635. The molecule has 11 heavy (non-hydrogen) atoms. The van der Waals surface area contributed by atoms with E-state index in [2.05, 4.69) is 34.1 Å². The largest absolute Gasteiger partial charge is 0.249 e. The summed E-state index contributed by atoms with van der Waals surface area (Å²) in [5.41, 5.74) is 0. The molecule has 0 spiro atoms. The second-order valence-corrected chi connectivity index (χ2v) is 2.92. The van der Waals surface area contributed by atoms with Crippen molar-refractivity contribution >= 4 is 28.6 Å². The van der Waals surface area contributed by atoms with E-state index in [9.17, 15) is 0 Å². The first-order valence-electron chi connectivity index (χ1n) is 3.17. The molecule has 0 unspecified atom stereocenters. The molecule has 0 aliphatic carbocycles. The van der Waals surface area contributed by atoms with E-state index in [4.69, 9.17) is 0 Å². The third kappa shape index (κ3) is 2.02. The van der Waals surface area contributed by atoms with Gasteiger partial charge in [0.2, 0.25) is 0 Å². The van der Waals surface area contributed by atoms with Gasteiger partial charge in [0.15, 0.2) is 0 Å². The molecule has 0 aromatic carbocycles. The summed E-state index contributed by atoms with van der Waals surface area (Å²) in [6.07, 6.45) is 5.35. The lowest BCUT2D eigenvalue weighted by atomic mass is 10.3. The first-order valence-corrected chi connectivity index (χ1v) is 3.96. The average molecular weight is 210 g/mol. The van der Waals surface area contributed by atoms with Crippen molar-refractivity contribution in [1.82, 2.24) is 4.98 Å². The van der Waals surface area contributed by atoms with E-state index >= 15 is 0 Å². The Morgan fingerprint density at radius 1 is 1.55 bits per heavy atom. The molecule has 0 atom stereocenters. The van der Waals surface area contributed by atoms with Crippen molar-refractivity contribution in [3.05, 3.63) is 40.0 Å². The molecule has 0 N–H and O–H groups in total. The Balaban J connectivity index is 3.47. The van der Waals surface area contributed by atoms with Crippen LogP contribution in [-0.2, 0) is 0 Å². The summed E-state index contributed by atoms with van der Waals surface area (Å²) in [5, 5.41) is 1.95. The molecule has 0 saturated carbocycles. The van der Waals surface area contributed by atoms with Crippen molar-refractivity contribution in [3.63, 3.8) is 0 Å². The summed E-state index contributed by atoms with van der Waals surface area (Å²) in [4.78, 5) is 4.02. The SMILES string of the molecule is C=C/C=c1/cc(Br)ncc1=C. The Bertz CT molecular complexity index is 368. The summed E-state index contributed by atoms with van der Waals surface area (Å²) in [7, 11) is 0. The molecule has 0 bridgehead atoms. The van der Waals surface area contributed by atoms with Crippen LogP contribution < -0.4 is 10.4 Å². The van der Waals surface area contributed by atoms with Gasteiger partial charge in [0.05, 0.1) is 0 Å². The van der Waals surface area contributed by atoms with Gasteiger partial charge in [-0.15, -0.1) is 0 Å². The zero-order valence-electron chi connectivity index (χ0n) is 6.05. The number of rotatable bonds is 1. The van der Waals surface area contributed by atoms with Crippen molar-refractivity contribution < 1.29 is 0 Å². The lowest BCUT2D eigenvalue weighted by molar-refractivity contribution is 1.23. The van der Waals surface area contributed by atoms with Gasteiger partial charge in [-0.2, -0.15) is 0 Å². The number of hydrogen-bond donors (Lipinski definition) is 0. The Morgan fingerprint density at radius 3 is 2.91 bits per heavy atom. The molecule has 0 radical (unpaired) electrons. The number of aromatic nitrogens is 1. The van der Waals surface area contributed by atoms with Crippen molar-refractivity contribution in [2.75, 3.05) is 0 Å². The fourth-order valence-corrected chi connectivity index (χ4v) is 1.10. The Hall–Kier alpha value is -0.890. The van der Waals surface area contributed by atoms with E-state index in [-0.39, 0.29) is 0 Å². The maximum absolute atomic E-state index is 4.02. The van der Waals surface area contributed by atoms with E-state index in [0.717, 1.165) is 15.0 Å². The van der Waals surface area contributed by atoms with E-state index < -0.39 is 0 Å². The molecular weight excluding hydrogens is 202 g/mol. The zero-order chi connectivity index (χ0) is 8.27. The van der Waals surface area contributed by atoms with Gasteiger partial charge < -0.3 is 0 Å². The lowest BCUT2D eigenvalue weighted by Crippen LogP contribution is -2.22. The highest BCUT2D eigenvalue weighted by molar-refractivity contribution is 9.10. The molecule has 2 heteroatoms. The van der Waals surface area contributed by atoms with Crippen LogP contribution in [0.2, 0.25) is 0 Å². The molecule has 0 aliphatic heterocycles. The standard InChI is InChI=1S/C9H8BrN/c1-3-4-8-5-9(10)11-6-7(8)2/h3-6H,1-2H2/b8-4-. The number of allylic oxidation sites excluding steroid dienone is 1. The van der Waals surface area contributed by atoms with E-state index in [1.165, 1.54) is 0 Å². The summed E-state index contributed by atoms with van der Waals surface area (Å²) >= 11 is 3.27.